The van der Waals surface area contributed by atoms with Crippen LogP contribution in [0.1, 0.15) is 27.1 Å². The van der Waals surface area contributed by atoms with Crippen molar-refractivity contribution in [2.75, 3.05) is 12.9 Å². The minimum atomic E-state index is -1.37. The summed E-state index contributed by atoms with van der Waals surface area (Å²) in [7, 11) is -0.142. The minimum Gasteiger partial charge on any atom is -0.480 e. The number of aliphatic carboxylic acids is 1. The molecule has 0 saturated carbocycles. The molecule has 0 unspecified atom stereocenters. The Morgan fingerprint density at radius 3 is 2.37 bits per heavy atom. The zero-order valence-electron chi connectivity index (χ0n) is 14.6. The molecule has 2 atom stereocenters. The molecular formula is C19H19NO6S. The van der Waals surface area contributed by atoms with E-state index in [0.717, 1.165) is 0 Å². The topological polar surface area (TPSA) is 110 Å². The summed E-state index contributed by atoms with van der Waals surface area (Å²) in [4.78, 5) is 35.9. The molecule has 0 heterocycles. The van der Waals surface area contributed by atoms with E-state index in [1.54, 1.807) is 30.3 Å². The van der Waals surface area contributed by atoms with Gasteiger partial charge in [0.1, 0.15) is 6.04 Å². The number of methoxy groups -OCH3 is 1. The van der Waals surface area contributed by atoms with Crippen molar-refractivity contribution < 1.29 is 28.4 Å². The first-order valence-electron chi connectivity index (χ1n) is 8.08. The number of benzene rings is 2. The summed E-state index contributed by atoms with van der Waals surface area (Å²) in [6.45, 7) is 0. The Morgan fingerprint density at radius 1 is 1.07 bits per heavy atom. The zero-order valence-corrected chi connectivity index (χ0v) is 15.4. The smallest absolute Gasteiger partial charge is 0.337 e. The molecule has 8 heteroatoms. The van der Waals surface area contributed by atoms with Gasteiger partial charge in [-0.1, -0.05) is 24.3 Å². The van der Waals surface area contributed by atoms with Crippen molar-refractivity contribution in [3.63, 3.8) is 0 Å². The molecule has 0 bridgehead atoms. The lowest BCUT2D eigenvalue weighted by molar-refractivity contribution is -0.139. The fourth-order valence-corrected chi connectivity index (χ4v) is 3.47. The molecule has 2 rings (SSSR count). The van der Waals surface area contributed by atoms with Crippen LogP contribution in [0.25, 0.3) is 0 Å². The number of esters is 1. The van der Waals surface area contributed by atoms with Crippen molar-refractivity contribution in [3.8, 4) is 0 Å². The number of carbonyl (C=O) groups excluding carboxylic acids is 2. The summed E-state index contributed by atoms with van der Waals surface area (Å²) in [6.07, 6.45) is -0.000723. The predicted molar refractivity (Wildman–Crippen MR) is 99.0 cm³/mol. The van der Waals surface area contributed by atoms with Gasteiger partial charge in [-0.25, -0.2) is 9.59 Å². The van der Waals surface area contributed by atoms with Gasteiger partial charge in [0.05, 0.1) is 23.5 Å². The van der Waals surface area contributed by atoms with Gasteiger partial charge < -0.3 is 15.2 Å². The van der Waals surface area contributed by atoms with Crippen molar-refractivity contribution in [1.82, 2.24) is 5.32 Å². The molecule has 2 aromatic rings. The summed E-state index contributed by atoms with van der Waals surface area (Å²) in [6, 6.07) is 13.3. The van der Waals surface area contributed by atoms with Crippen LogP contribution in [0.15, 0.2) is 59.5 Å². The second-order valence-electron chi connectivity index (χ2n) is 5.59. The minimum absolute atomic E-state index is 0.000723. The highest BCUT2D eigenvalue weighted by atomic mass is 32.2. The summed E-state index contributed by atoms with van der Waals surface area (Å²) in [5, 5.41) is 11.7. The first-order chi connectivity index (χ1) is 12.9. The van der Waals surface area contributed by atoms with Gasteiger partial charge in [-0.2, -0.15) is 0 Å². The molecule has 0 aromatic heterocycles. The molecule has 27 heavy (non-hydrogen) atoms. The quantitative estimate of drug-likeness (QED) is 0.667. The number of carboxylic acid groups (broad SMARTS) is 1. The van der Waals surface area contributed by atoms with Crippen LogP contribution < -0.4 is 5.32 Å². The Bertz CT molecular complexity index is 852. The van der Waals surface area contributed by atoms with E-state index in [9.17, 15) is 23.7 Å². The average Bonchev–Trinajstić information content (AvgIpc) is 2.70. The first-order valence-corrected chi connectivity index (χ1v) is 9.39. The maximum absolute atomic E-state index is 12.3. The highest BCUT2D eigenvalue weighted by molar-refractivity contribution is 7.85. The van der Waals surface area contributed by atoms with Crippen molar-refractivity contribution in [2.45, 2.75) is 17.4 Å². The molecular weight excluding hydrogens is 370 g/mol. The van der Waals surface area contributed by atoms with E-state index >= 15 is 0 Å². The number of amides is 1. The van der Waals surface area contributed by atoms with Gasteiger partial charge in [0.2, 0.25) is 0 Å². The molecule has 2 aromatic carbocycles. The second-order valence-corrected chi connectivity index (χ2v) is 7.16. The van der Waals surface area contributed by atoms with Crippen LogP contribution in [0.2, 0.25) is 0 Å². The van der Waals surface area contributed by atoms with E-state index in [1.165, 1.54) is 31.4 Å². The monoisotopic (exact) mass is 389 g/mol. The van der Waals surface area contributed by atoms with Crippen molar-refractivity contribution in [3.05, 3.63) is 65.7 Å². The second kappa shape index (κ2) is 9.63. The fourth-order valence-electron chi connectivity index (χ4n) is 2.32. The van der Waals surface area contributed by atoms with Crippen LogP contribution in [-0.2, 0) is 20.3 Å². The van der Waals surface area contributed by atoms with Gasteiger partial charge in [-0.05, 0) is 36.8 Å². The average molecular weight is 389 g/mol. The molecule has 0 aliphatic rings. The van der Waals surface area contributed by atoms with Gasteiger partial charge in [0.25, 0.3) is 5.91 Å². The van der Waals surface area contributed by atoms with Crippen LogP contribution in [0.4, 0.5) is 0 Å². The van der Waals surface area contributed by atoms with Crippen molar-refractivity contribution >= 4 is 28.6 Å². The standard InChI is InChI=1S/C19H19NO6S/c1-26-19(24)14-7-5-6-13(12-14)17(21)20-16(18(22)23)10-11-27(25)15-8-3-2-4-9-15/h2-9,12,16H,10-11H2,1H3,(H,20,21)(H,22,23)/t16-,27+/m0/s1. The molecule has 7 nitrogen and oxygen atoms in total. The van der Waals surface area contributed by atoms with Crippen LogP contribution in [0, 0.1) is 0 Å². The Balaban J connectivity index is 2.03. The maximum atomic E-state index is 12.3. The molecule has 0 saturated heterocycles. The highest BCUT2D eigenvalue weighted by Gasteiger charge is 2.22. The summed E-state index contributed by atoms with van der Waals surface area (Å²) in [5.41, 5.74) is 0.315. The van der Waals surface area contributed by atoms with Crippen molar-refractivity contribution in [2.24, 2.45) is 0 Å². The Morgan fingerprint density at radius 2 is 1.74 bits per heavy atom. The number of carboxylic acids is 1. The third-order valence-corrected chi connectivity index (χ3v) is 5.15. The molecule has 0 radical (unpaired) electrons. The summed E-state index contributed by atoms with van der Waals surface area (Å²) in [5.74, 6) is -2.38. The van der Waals surface area contributed by atoms with E-state index in [-0.39, 0.29) is 23.3 Å². The number of nitrogens with one attached hydrogen (secondary N) is 1. The van der Waals surface area contributed by atoms with Crippen LogP contribution in [0.3, 0.4) is 0 Å². The van der Waals surface area contributed by atoms with Crippen molar-refractivity contribution in [1.29, 1.82) is 0 Å². The number of hydrogen-bond donors (Lipinski definition) is 2. The number of carbonyl (C=O) groups is 3. The molecule has 1 amide bonds. The van der Waals surface area contributed by atoms with Crippen LogP contribution in [0.5, 0.6) is 0 Å². The number of rotatable bonds is 8. The molecule has 0 aliphatic heterocycles. The summed E-state index contributed by atoms with van der Waals surface area (Å²) < 4.78 is 16.8. The number of ether oxygens (including phenoxy) is 1. The lowest BCUT2D eigenvalue weighted by Crippen LogP contribution is -2.41. The highest BCUT2D eigenvalue weighted by Crippen LogP contribution is 2.10. The Kier molecular flexibility index (Phi) is 7.25. The van der Waals surface area contributed by atoms with E-state index in [4.69, 9.17) is 0 Å². The number of hydrogen-bond acceptors (Lipinski definition) is 5. The maximum Gasteiger partial charge on any atom is 0.337 e. The van der Waals surface area contributed by atoms with Gasteiger partial charge in [0, 0.05) is 16.2 Å². The van der Waals surface area contributed by atoms with Crippen LogP contribution >= 0.6 is 0 Å². The Labute approximate surface area is 158 Å². The molecule has 142 valence electrons. The molecule has 0 spiro atoms. The SMILES string of the molecule is COC(=O)c1cccc(C(=O)N[C@@H](CC[S@@](=O)c2ccccc2)C(=O)O)c1. The van der Waals surface area contributed by atoms with E-state index < -0.39 is 34.7 Å². The predicted octanol–water partition coefficient (Wildman–Crippen LogP) is 1.85. The normalized spacial score (nSPS) is 12.6. The van der Waals surface area contributed by atoms with E-state index in [1.807, 2.05) is 0 Å². The molecule has 0 aliphatic carbocycles. The first kappa shape index (κ1) is 20.3. The molecule has 2 N–H and O–H groups in total. The van der Waals surface area contributed by atoms with Gasteiger partial charge in [-0.15, -0.1) is 0 Å². The van der Waals surface area contributed by atoms with Crippen LogP contribution in [-0.4, -0.2) is 46.1 Å². The lowest BCUT2D eigenvalue weighted by Gasteiger charge is -2.14. The van der Waals surface area contributed by atoms with E-state index in [2.05, 4.69) is 10.1 Å². The van der Waals surface area contributed by atoms with E-state index in [0.29, 0.717) is 4.90 Å². The lowest BCUT2D eigenvalue weighted by atomic mass is 10.1. The van der Waals surface area contributed by atoms with Gasteiger partial charge >= 0.3 is 11.9 Å². The van der Waals surface area contributed by atoms with Gasteiger partial charge in [0.15, 0.2) is 0 Å². The Hall–Kier alpha value is -3.00. The summed E-state index contributed by atoms with van der Waals surface area (Å²) >= 11 is 0. The third kappa shape index (κ3) is 5.75. The fraction of sp³-hybridized carbons (Fsp3) is 0.211. The molecule has 0 fully saturated rings. The van der Waals surface area contributed by atoms with Gasteiger partial charge in [-0.3, -0.25) is 9.00 Å². The third-order valence-electron chi connectivity index (χ3n) is 3.75. The zero-order chi connectivity index (χ0) is 19.8. The largest absolute Gasteiger partial charge is 0.480 e.